The van der Waals surface area contributed by atoms with Crippen LogP contribution >= 0.6 is 11.6 Å². The Morgan fingerprint density at radius 3 is 2.46 bits per heavy atom. The van der Waals surface area contributed by atoms with Gasteiger partial charge in [-0.05, 0) is 26.2 Å². The first-order valence-electron chi connectivity index (χ1n) is 8.50. The molecule has 2 aromatic heterocycles. The average molecular weight is 425 g/mol. The highest BCUT2D eigenvalue weighted by Gasteiger charge is 2.41. The Labute approximate surface area is 162 Å². The van der Waals surface area contributed by atoms with Gasteiger partial charge in [-0.15, -0.1) is 0 Å². The highest BCUT2D eigenvalue weighted by Crippen LogP contribution is 2.44. The molecule has 2 N–H and O–H groups in total. The molecule has 2 heterocycles. The lowest BCUT2D eigenvalue weighted by Gasteiger charge is -2.18. The third-order valence-corrected chi connectivity index (χ3v) is 5.16. The van der Waals surface area contributed by atoms with Gasteiger partial charge in [0.05, 0.1) is 17.9 Å². The van der Waals surface area contributed by atoms with Crippen molar-refractivity contribution >= 4 is 29.1 Å². The molecule has 0 radical (unpaired) electrons. The van der Waals surface area contributed by atoms with E-state index in [1.165, 1.54) is 17.9 Å². The maximum absolute atomic E-state index is 13.5. The second-order valence-electron chi connectivity index (χ2n) is 6.74. The number of anilines is 3. The Morgan fingerprint density at radius 2 is 1.89 bits per heavy atom. The minimum absolute atomic E-state index is 0.108. The summed E-state index contributed by atoms with van der Waals surface area (Å²) in [7, 11) is 1.31. The Balaban J connectivity index is 1.78. The van der Waals surface area contributed by atoms with Crippen LogP contribution in [0.25, 0.3) is 0 Å². The predicted molar refractivity (Wildman–Crippen MR) is 94.1 cm³/mol. The van der Waals surface area contributed by atoms with Crippen LogP contribution < -0.4 is 10.6 Å². The van der Waals surface area contributed by atoms with Gasteiger partial charge < -0.3 is 10.6 Å². The van der Waals surface area contributed by atoms with Crippen LogP contribution in [0, 0.1) is 5.92 Å². The van der Waals surface area contributed by atoms with E-state index in [9.17, 15) is 22.0 Å². The molecule has 154 valence electrons. The first-order valence-corrected chi connectivity index (χ1v) is 8.88. The van der Waals surface area contributed by atoms with Crippen LogP contribution in [-0.2, 0) is 6.18 Å². The lowest BCUT2D eigenvalue weighted by Crippen LogP contribution is -2.22. The van der Waals surface area contributed by atoms with Gasteiger partial charge in [-0.1, -0.05) is 11.6 Å². The summed E-state index contributed by atoms with van der Waals surface area (Å²) < 4.78 is 67.2. The molecule has 1 aliphatic carbocycles. The molecule has 1 saturated carbocycles. The van der Waals surface area contributed by atoms with Gasteiger partial charge in [0.1, 0.15) is 11.4 Å². The lowest BCUT2D eigenvalue weighted by atomic mass is 10.0. The van der Waals surface area contributed by atoms with Crippen molar-refractivity contribution in [2.24, 2.45) is 5.92 Å². The second-order valence-corrected chi connectivity index (χ2v) is 7.10. The van der Waals surface area contributed by atoms with Crippen molar-refractivity contribution < 1.29 is 22.0 Å². The summed E-state index contributed by atoms with van der Waals surface area (Å²) in [4.78, 5) is 7.46. The standard InChI is InChI=1S/C16H18ClF5N6/c1-15(18,19)8-3-4-9(5-8)28-12(17)11(7-25-28)26-14-24-6-10(16(20,21)22)13(23-2)27-14/h6-9H,3-5H2,1-2H3,(H2,23,24,26,27)/t8-,9+/m0/s1. The Morgan fingerprint density at radius 1 is 1.18 bits per heavy atom. The maximum Gasteiger partial charge on any atom is 0.421 e. The van der Waals surface area contributed by atoms with Gasteiger partial charge in [0.15, 0.2) is 5.15 Å². The zero-order valence-corrected chi connectivity index (χ0v) is 15.7. The van der Waals surface area contributed by atoms with Gasteiger partial charge in [-0.2, -0.15) is 23.3 Å². The van der Waals surface area contributed by atoms with Crippen LogP contribution in [0.2, 0.25) is 5.15 Å². The quantitative estimate of drug-likeness (QED) is 0.651. The number of hydrogen-bond acceptors (Lipinski definition) is 5. The molecule has 28 heavy (non-hydrogen) atoms. The fourth-order valence-electron chi connectivity index (χ4n) is 3.29. The molecule has 2 atom stereocenters. The van der Waals surface area contributed by atoms with Crippen molar-refractivity contribution in [1.82, 2.24) is 19.7 Å². The fraction of sp³-hybridized carbons (Fsp3) is 0.562. The van der Waals surface area contributed by atoms with Gasteiger partial charge >= 0.3 is 6.18 Å². The van der Waals surface area contributed by atoms with E-state index in [4.69, 9.17) is 11.6 Å². The molecule has 6 nitrogen and oxygen atoms in total. The molecule has 12 heteroatoms. The molecule has 0 bridgehead atoms. The molecule has 2 aromatic rings. The number of alkyl halides is 5. The van der Waals surface area contributed by atoms with Crippen molar-refractivity contribution in [1.29, 1.82) is 0 Å². The average Bonchev–Trinajstić information content (AvgIpc) is 3.21. The minimum Gasteiger partial charge on any atom is -0.372 e. The number of hydrogen-bond donors (Lipinski definition) is 2. The molecule has 0 unspecified atom stereocenters. The predicted octanol–water partition coefficient (Wildman–Crippen LogP) is 5.13. The van der Waals surface area contributed by atoms with Crippen molar-refractivity contribution in [2.75, 3.05) is 17.7 Å². The van der Waals surface area contributed by atoms with Gasteiger partial charge in [-0.25, -0.2) is 18.4 Å². The molecule has 0 amide bonds. The van der Waals surface area contributed by atoms with Crippen molar-refractivity contribution in [3.8, 4) is 0 Å². The van der Waals surface area contributed by atoms with Gasteiger partial charge in [-0.3, -0.25) is 0 Å². The van der Waals surface area contributed by atoms with E-state index in [0.717, 1.165) is 6.92 Å². The molecule has 0 aromatic carbocycles. The molecule has 0 aliphatic heterocycles. The number of halogens is 6. The first-order chi connectivity index (χ1) is 13.0. The van der Waals surface area contributed by atoms with E-state index in [-0.39, 0.29) is 29.3 Å². The Kier molecular flexibility index (Phi) is 5.39. The highest BCUT2D eigenvalue weighted by atomic mass is 35.5. The monoisotopic (exact) mass is 424 g/mol. The number of aromatic nitrogens is 4. The molecular weight excluding hydrogens is 407 g/mol. The van der Waals surface area contributed by atoms with E-state index in [2.05, 4.69) is 25.7 Å². The van der Waals surface area contributed by atoms with Gasteiger partial charge in [0.2, 0.25) is 11.9 Å². The summed E-state index contributed by atoms with van der Waals surface area (Å²) in [6.45, 7) is 0.902. The van der Waals surface area contributed by atoms with Crippen LogP contribution in [0.3, 0.4) is 0 Å². The molecule has 0 spiro atoms. The molecule has 0 saturated heterocycles. The minimum atomic E-state index is -4.60. The topological polar surface area (TPSA) is 67.7 Å². The summed E-state index contributed by atoms with van der Waals surface area (Å²) in [5.41, 5.74) is -0.727. The van der Waals surface area contributed by atoms with E-state index >= 15 is 0 Å². The van der Waals surface area contributed by atoms with Crippen molar-refractivity contribution in [3.63, 3.8) is 0 Å². The van der Waals surface area contributed by atoms with Crippen LogP contribution in [0.4, 0.5) is 39.4 Å². The summed E-state index contributed by atoms with van der Waals surface area (Å²) >= 11 is 6.29. The second kappa shape index (κ2) is 7.34. The lowest BCUT2D eigenvalue weighted by molar-refractivity contribution is -0.137. The number of rotatable bonds is 5. The third kappa shape index (κ3) is 4.13. The van der Waals surface area contributed by atoms with E-state index in [1.54, 1.807) is 0 Å². The van der Waals surface area contributed by atoms with Gasteiger partial charge in [0.25, 0.3) is 0 Å². The number of nitrogens with one attached hydrogen (secondary N) is 2. The summed E-state index contributed by atoms with van der Waals surface area (Å²) in [6.07, 6.45) is -1.47. The molecule has 1 aliphatic rings. The van der Waals surface area contributed by atoms with Crippen LogP contribution in [0.1, 0.15) is 37.8 Å². The number of nitrogens with zero attached hydrogens (tertiary/aromatic N) is 4. The normalized spacial score (nSPS) is 20.4. The summed E-state index contributed by atoms with van der Waals surface area (Å²) in [6, 6.07) is -0.278. The molecular formula is C16H18ClF5N6. The summed E-state index contributed by atoms with van der Waals surface area (Å²) in [5, 5.41) is 9.38. The Hall–Kier alpha value is -2.17. The maximum atomic E-state index is 13.5. The van der Waals surface area contributed by atoms with Crippen LogP contribution in [0.15, 0.2) is 12.4 Å². The van der Waals surface area contributed by atoms with Crippen LogP contribution in [0.5, 0.6) is 0 Å². The molecule has 3 rings (SSSR count). The third-order valence-electron chi connectivity index (χ3n) is 4.78. The summed E-state index contributed by atoms with van der Waals surface area (Å²) in [5.74, 6) is -4.02. The van der Waals surface area contributed by atoms with E-state index in [0.29, 0.717) is 19.0 Å². The Bertz CT molecular complexity index is 847. The van der Waals surface area contributed by atoms with Crippen molar-refractivity contribution in [2.45, 2.75) is 44.3 Å². The van der Waals surface area contributed by atoms with Crippen molar-refractivity contribution in [3.05, 3.63) is 23.1 Å². The fourth-order valence-corrected chi connectivity index (χ4v) is 3.56. The van der Waals surface area contributed by atoms with E-state index in [1.807, 2.05) is 0 Å². The SMILES string of the molecule is CNc1nc(Nc2cnn([C@@H]3CC[C@H](C(C)(F)F)C3)c2Cl)ncc1C(F)(F)F. The van der Waals surface area contributed by atoms with Gasteiger partial charge in [0, 0.05) is 19.2 Å². The smallest absolute Gasteiger partial charge is 0.372 e. The molecule has 1 fully saturated rings. The van der Waals surface area contributed by atoms with E-state index < -0.39 is 29.4 Å². The van der Waals surface area contributed by atoms with Crippen LogP contribution in [-0.4, -0.2) is 32.7 Å². The zero-order valence-electron chi connectivity index (χ0n) is 15.0. The first kappa shape index (κ1) is 20.6. The zero-order chi connectivity index (χ0) is 20.7. The highest BCUT2D eigenvalue weighted by molar-refractivity contribution is 6.32. The largest absolute Gasteiger partial charge is 0.421 e.